The summed E-state index contributed by atoms with van der Waals surface area (Å²) in [4.78, 5) is 12.0. The van der Waals surface area contributed by atoms with Crippen LogP contribution in [-0.4, -0.2) is 25.0 Å². The molecule has 0 aliphatic carbocycles. The summed E-state index contributed by atoms with van der Waals surface area (Å²) in [5, 5.41) is 4.23. The molecule has 25 heavy (non-hydrogen) atoms. The predicted molar refractivity (Wildman–Crippen MR) is 89.8 cm³/mol. The molecular weight excluding hydrogens is 351 g/mol. The van der Waals surface area contributed by atoms with Gasteiger partial charge in [0.25, 0.3) is 5.91 Å². The first-order chi connectivity index (χ1) is 12.0. The standard InChI is InChI=1S/C17H14ClFN2O4/c1-10(25-14-5-3-2-4-13(14)19)17(22)21-20-8-11-6-12(18)16-15(7-11)23-9-24-16/h2-8,10H,9H2,1H3,(H,21,22)/b20-8-/t10-/m1/s1. The first-order valence-corrected chi connectivity index (χ1v) is 7.75. The maximum atomic E-state index is 13.5. The first kappa shape index (κ1) is 17.0. The zero-order valence-corrected chi connectivity index (χ0v) is 13.9. The van der Waals surface area contributed by atoms with Gasteiger partial charge in [0.05, 0.1) is 11.2 Å². The summed E-state index contributed by atoms with van der Waals surface area (Å²) in [5.41, 5.74) is 2.95. The minimum atomic E-state index is -0.922. The quantitative estimate of drug-likeness (QED) is 0.653. The van der Waals surface area contributed by atoms with Crippen molar-refractivity contribution in [2.45, 2.75) is 13.0 Å². The average molecular weight is 365 g/mol. The molecule has 1 aliphatic heterocycles. The van der Waals surface area contributed by atoms with Crippen LogP contribution in [0.4, 0.5) is 4.39 Å². The van der Waals surface area contributed by atoms with Gasteiger partial charge in [-0.05, 0) is 36.8 Å². The highest BCUT2D eigenvalue weighted by Crippen LogP contribution is 2.39. The molecule has 0 unspecified atom stereocenters. The number of hydrogen-bond donors (Lipinski definition) is 1. The second kappa shape index (κ2) is 7.40. The molecule has 0 bridgehead atoms. The number of para-hydroxylation sites is 1. The molecule has 1 atom stereocenters. The fourth-order valence-electron chi connectivity index (χ4n) is 2.11. The Balaban J connectivity index is 1.59. The number of carbonyl (C=O) groups is 1. The van der Waals surface area contributed by atoms with Gasteiger partial charge < -0.3 is 14.2 Å². The zero-order chi connectivity index (χ0) is 17.8. The van der Waals surface area contributed by atoms with E-state index in [0.29, 0.717) is 22.1 Å². The summed E-state index contributed by atoms with van der Waals surface area (Å²) < 4.78 is 29.2. The van der Waals surface area contributed by atoms with Crippen LogP contribution < -0.4 is 19.6 Å². The smallest absolute Gasteiger partial charge is 0.280 e. The van der Waals surface area contributed by atoms with Crippen LogP contribution >= 0.6 is 11.6 Å². The van der Waals surface area contributed by atoms with Crippen molar-refractivity contribution in [2.75, 3.05) is 6.79 Å². The highest BCUT2D eigenvalue weighted by atomic mass is 35.5. The fraction of sp³-hybridized carbons (Fsp3) is 0.176. The Morgan fingerprint density at radius 2 is 2.20 bits per heavy atom. The van der Waals surface area contributed by atoms with E-state index in [0.717, 1.165) is 0 Å². The number of hydrazone groups is 1. The Bertz CT molecular complexity index is 828. The van der Waals surface area contributed by atoms with Crippen LogP contribution in [0.5, 0.6) is 17.2 Å². The Labute approximate surface area is 148 Å². The van der Waals surface area contributed by atoms with Crippen molar-refractivity contribution in [3.05, 3.63) is 52.8 Å². The molecule has 2 aromatic carbocycles. The average Bonchev–Trinajstić information content (AvgIpc) is 3.06. The van der Waals surface area contributed by atoms with Crippen LogP contribution in [0, 0.1) is 5.82 Å². The third-order valence-electron chi connectivity index (χ3n) is 3.35. The summed E-state index contributed by atoms with van der Waals surface area (Å²) in [5.74, 6) is -0.0741. The minimum absolute atomic E-state index is 0.00307. The molecule has 2 aromatic rings. The molecule has 130 valence electrons. The summed E-state index contributed by atoms with van der Waals surface area (Å²) in [6.07, 6.45) is 0.482. The van der Waals surface area contributed by atoms with E-state index in [1.54, 1.807) is 18.2 Å². The lowest BCUT2D eigenvalue weighted by Crippen LogP contribution is -2.33. The third kappa shape index (κ3) is 4.00. The fourth-order valence-corrected chi connectivity index (χ4v) is 2.38. The molecule has 6 nitrogen and oxygen atoms in total. The van der Waals surface area contributed by atoms with Crippen LogP contribution in [0.3, 0.4) is 0 Å². The Kier molecular flexibility index (Phi) is 5.04. The van der Waals surface area contributed by atoms with E-state index >= 15 is 0 Å². The van der Waals surface area contributed by atoms with Crippen LogP contribution in [0.25, 0.3) is 0 Å². The second-order valence-electron chi connectivity index (χ2n) is 5.16. The molecule has 8 heteroatoms. The molecule has 0 spiro atoms. The van der Waals surface area contributed by atoms with Crippen molar-refractivity contribution >= 4 is 23.7 Å². The molecule has 1 amide bonds. The molecule has 1 N–H and O–H groups in total. The maximum Gasteiger partial charge on any atom is 0.280 e. The van der Waals surface area contributed by atoms with Gasteiger partial charge in [0.2, 0.25) is 6.79 Å². The summed E-state index contributed by atoms with van der Waals surface area (Å²) >= 11 is 6.06. The van der Waals surface area contributed by atoms with E-state index in [-0.39, 0.29) is 12.5 Å². The molecule has 0 aromatic heterocycles. The number of halogens is 2. The number of nitrogens with zero attached hydrogens (tertiary/aromatic N) is 1. The normalized spacial score (nSPS) is 13.7. The number of rotatable bonds is 5. The van der Waals surface area contributed by atoms with E-state index in [1.807, 2.05) is 0 Å². The van der Waals surface area contributed by atoms with Gasteiger partial charge in [0, 0.05) is 0 Å². The van der Waals surface area contributed by atoms with E-state index in [2.05, 4.69) is 10.5 Å². The summed E-state index contributed by atoms with van der Waals surface area (Å²) in [6, 6.07) is 9.16. The number of ether oxygens (including phenoxy) is 3. The highest BCUT2D eigenvalue weighted by Gasteiger charge is 2.18. The van der Waals surface area contributed by atoms with Crippen molar-refractivity contribution in [1.29, 1.82) is 0 Å². The van der Waals surface area contributed by atoms with Crippen LogP contribution in [0.1, 0.15) is 12.5 Å². The molecular formula is C17H14ClFN2O4. The van der Waals surface area contributed by atoms with E-state index in [9.17, 15) is 9.18 Å². The summed E-state index contributed by atoms with van der Waals surface area (Å²) in [6.45, 7) is 1.60. The van der Waals surface area contributed by atoms with Crippen LogP contribution in [-0.2, 0) is 4.79 Å². The Morgan fingerprint density at radius 3 is 3.00 bits per heavy atom. The van der Waals surface area contributed by atoms with Gasteiger partial charge in [0.15, 0.2) is 29.2 Å². The lowest BCUT2D eigenvalue weighted by Gasteiger charge is -2.13. The van der Waals surface area contributed by atoms with Gasteiger partial charge in [-0.1, -0.05) is 23.7 Å². The third-order valence-corrected chi connectivity index (χ3v) is 3.63. The summed E-state index contributed by atoms with van der Waals surface area (Å²) in [7, 11) is 0. The minimum Gasteiger partial charge on any atom is -0.478 e. The lowest BCUT2D eigenvalue weighted by atomic mass is 10.2. The van der Waals surface area contributed by atoms with Gasteiger partial charge in [-0.3, -0.25) is 4.79 Å². The number of benzene rings is 2. The Hall–Kier alpha value is -2.80. The second-order valence-corrected chi connectivity index (χ2v) is 5.57. The van der Waals surface area contributed by atoms with Gasteiger partial charge in [-0.15, -0.1) is 0 Å². The number of fused-ring (bicyclic) bond motifs is 1. The van der Waals surface area contributed by atoms with E-state index < -0.39 is 17.8 Å². The predicted octanol–water partition coefficient (Wildman–Crippen LogP) is 3.13. The Morgan fingerprint density at radius 1 is 1.40 bits per heavy atom. The molecule has 0 fully saturated rings. The monoisotopic (exact) mass is 364 g/mol. The largest absolute Gasteiger partial charge is 0.478 e. The van der Waals surface area contributed by atoms with Crippen molar-refractivity contribution in [3.63, 3.8) is 0 Å². The van der Waals surface area contributed by atoms with E-state index in [4.69, 9.17) is 25.8 Å². The van der Waals surface area contributed by atoms with Gasteiger partial charge in [-0.25, -0.2) is 9.82 Å². The van der Waals surface area contributed by atoms with Crippen molar-refractivity contribution < 1.29 is 23.4 Å². The molecule has 1 heterocycles. The first-order valence-electron chi connectivity index (χ1n) is 7.38. The van der Waals surface area contributed by atoms with E-state index in [1.165, 1.54) is 31.3 Å². The van der Waals surface area contributed by atoms with Gasteiger partial charge in [-0.2, -0.15) is 5.10 Å². The molecule has 0 saturated heterocycles. The molecule has 0 saturated carbocycles. The van der Waals surface area contributed by atoms with Crippen molar-refractivity contribution in [2.24, 2.45) is 5.10 Å². The highest BCUT2D eigenvalue weighted by molar-refractivity contribution is 6.32. The number of carbonyl (C=O) groups excluding carboxylic acids is 1. The van der Waals surface area contributed by atoms with Crippen molar-refractivity contribution in [3.8, 4) is 17.2 Å². The number of nitrogens with one attached hydrogen (secondary N) is 1. The van der Waals surface area contributed by atoms with Crippen molar-refractivity contribution in [1.82, 2.24) is 5.43 Å². The van der Waals surface area contributed by atoms with Gasteiger partial charge in [0.1, 0.15) is 0 Å². The zero-order valence-electron chi connectivity index (χ0n) is 13.2. The molecule has 0 radical (unpaired) electrons. The van der Waals surface area contributed by atoms with Crippen LogP contribution in [0.2, 0.25) is 5.02 Å². The maximum absolute atomic E-state index is 13.5. The van der Waals surface area contributed by atoms with Gasteiger partial charge >= 0.3 is 0 Å². The lowest BCUT2D eigenvalue weighted by molar-refractivity contribution is -0.127. The molecule has 3 rings (SSSR count). The number of hydrogen-bond acceptors (Lipinski definition) is 5. The van der Waals surface area contributed by atoms with Crippen LogP contribution in [0.15, 0.2) is 41.5 Å². The molecule has 1 aliphatic rings. The SMILES string of the molecule is C[C@@H](Oc1ccccc1F)C(=O)N/N=C\c1cc(Cl)c2c(c1)OCO2. The topological polar surface area (TPSA) is 69.2 Å². The number of amides is 1.